The molecule has 1 aromatic heterocycles. The van der Waals surface area contributed by atoms with Crippen molar-refractivity contribution in [1.29, 1.82) is 5.26 Å². The van der Waals surface area contributed by atoms with E-state index in [1.54, 1.807) is 6.20 Å². The molecular formula is C17H20N4. The maximum Gasteiger partial charge on any atom is 0.0640 e. The number of anilines is 1. The lowest BCUT2D eigenvalue weighted by Crippen LogP contribution is -2.23. The maximum atomic E-state index is 8.84. The van der Waals surface area contributed by atoms with Crippen LogP contribution in [0.3, 0.4) is 0 Å². The molecule has 4 nitrogen and oxygen atoms in total. The van der Waals surface area contributed by atoms with Crippen LogP contribution >= 0.6 is 0 Å². The van der Waals surface area contributed by atoms with Crippen LogP contribution in [0.5, 0.6) is 0 Å². The predicted molar refractivity (Wildman–Crippen MR) is 84.6 cm³/mol. The van der Waals surface area contributed by atoms with Crippen LogP contribution in [0.4, 0.5) is 5.69 Å². The van der Waals surface area contributed by atoms with Crippen molar-refractivity contribution in [3.8, 4) is 6.07 Å². The van der Waals surface area contributed by atoms with Gasteiger partial charge in [-0.15, -0.1) is 0 Å². The van der Waals surface area contributed by atoms with E-state index in [1.165, 1.54) is 0 Å². The summed E-state index contributed by atoms with van der Waals surface area (Å²) in [4.78, 5) is 6.33. The molecule has 2 aromatic rings. The lowest BCUT2D eigenvalue weighted by molar-refractivity contribution is 0.790. The average molecular weight is 280 g/mol. The van der Waals surface area contributed by atoms with Crippen LogP contribution in [0.25, 0.3) is 0 Å². The summed E-state index contributed by atoms with van der Waals surface area (Å²) in [5, 5.41) is 8.84. The van der Waals surface area contributed by atoms with Crippen molar-refractivity contribution in [2.24, 2.45) is 5.73 Å². The summed E-state index contributed by atoms with van der Waals surface area (Å²) >= 11 is 0. The van der Waals surface area contributed by atoms with Gasteiger partial charge in [-0.25, -0.2) is 0 Å². The van der Waals surface area contributed by atoms with E-state index < -0.39 is 0 Å². The number of hydrogen-bond acceptors (Lipinski definition) is 4. The first-order valence-corrected chi connectivity index (χ1v) is 7.07. The van der Waals surface area contributed by atoms with Gasteiger partial charge in [-0.05, 0) is 36.2 Å². The van der Waals surface area contributed by atoms with E-state index >= 15 is 0 Å². The predicted octanol–water partition coefficient (Wildman–Crippen LogP) is 3.02. The molecule has 0 aliphatic rings. The zero-order valence-corrected chi connectivity index (χ0v) is 12.2. The molecule has 4 heteroatoms. The van der Waals surface area contributed by atoms with E-state index in [2.05, 4.69) is 28.1 Å². The third-order valence-corrected chi connectivity index (χ3v) is 3.37. The summed E-state index contributed by atoms with van der Waals surface area (Å²) in [6, 6.07) is 14.4. The summed E-state index contributed by atoms with van der Waals surface area (Å²) in [5.74, 6) is 0. The third kappa shape index (κ3) is 4.30. The van der Waals surface area contributed by atoms with Gasteiger partial charge in [0.1, 0.15) is 0 Å². The second-order valence-corrected chi connectivity index (χ2v) is 5.07. The van der Waals surface area contributed by atoms with Crippen molar-refractivity contribution < 1.29 is 0 Å². The van der Waals surface area contributed by atoms with Crippen molar-refractivity contribution in [2.45, 2.75) is 25.9 Å². The first-order chi connectivity index (χ1) is 10.2. The molecule has 0 unspecified atom stereocenters. The summed E-state index contributed by atoms with van der Waals surface area (Å²) in [5.41, 5.74) is 9.22. The van der Waals surface area contributed by atoms with Gasteiger partial charge in [0, 0.05) is 37.2 Å². The maximum absolute atomic E-state index is 8.84. The zero-order valence-electron chi connectivity index (χ0n) is 12.2. The number of nitrogens with zero attached hydrogens (tertiary/aromatic N) is 3. The minimum absolute atomic E-state index is 0.0323. The molecule has 1 aromatic carbocycles. The zero-order chi connectivity index (χ0) is 15.1. The fourth-order valence-electron chi connectivity index (χ4n) is 2.19. The molecule has 0 bridgehead atoms. The Morgan fingerprint density at radius 3 is 2.62 bits per heavy atom. The second kappa shape index (κ2) is 7.41. The smallest absolute Gasteiger partial charge is 0.0640 e. The number of hydrogen-bond donors (Lipinski definition) is 1. The molecule has 0 aliphatic carbocycles. The Balaban J connectivity index is 2.17. The number of aromatic nitrogens is 1. The summed E-state index contributed by atoms with van der Waals surface area (Å²) < 4.78 is 0. The van der Waals surface area contributed by atoms with E-state index in [0.29, 0.717) is 13.0 Å². The normalized spacial score (nSPS) is 11.7. The molecule has 108 valence electrons. The third-order valence-electron chi connectivity index (χ3n) is 3.37. The lowest BCUT2D eigenvalue weighted by atomic mass is 10.1. The number of pyridine rings is 1. The standard InChI is InChI=1S/C17H20N4/c1-14(19)16-5-7-17(8-6-16)21(11-3-9-18)13-15-4-2-10-20-12-15/h2,4-8,10,12,14H,3,11,13,19H2,1H3/t14-/m0/s1. The van der Waals surface area contributed by atoms with Crippen LogP contribution in [0, 0.1) is 11.3 Å². The first-order valence-electron chi connectivity index (χ1n) is 7.07. The van der Waals surface area contributed by atoms with Crippen LogP contribution in [-0.4, -0.2) is 11.5 Å². The Morgan fingerprint density at radius 1 is 1.29 bits per heavy atom. The first kappa shape index (κ1) is 15.0. The van der Waals surface area contributed by atoms with Gasteiger partial charge in [-0.3, -0.25) is 4.98 Å². The topological polar surface area (TPSA) is 65.9 Å². The van der Waals surface area contributed by atoms with Gasteiger partial charge in [0.05, 0.1) is 12.5 Å². The largest absolute Gasteiger partial charge is 0.366 e. The van der Waals surface area contributed by atoms with Gasteiger partial charge in [-0.1, -0.05) is 18.2 Å². The molecular weight excluding hydrogens is 260 g/mol. The Kier molecular flexibility index (Phi) is 5.30. The Hall–Kier alpha value is -2.38. The fraction of sp³-hybridized carbons (Fsp3) is 0.294. The summed E-state index contributed by atoms with van der Waals surface area (Å²) in [6.07, 6.45) is 4.12. The van der Waals surface area contributed by atoms with Crippen molar-refractivity contribution >= 4 is 5.69 Å². The van der Waals surface area contributed by atoms with E-state index in [4.69, 9.17) is 11.0 Å². The minimum atomic E-state index is 0.0323. The second-order valence-electron chi connectivity index (χ2n) is 5.07. The van der Waals surface area contributed by atoms with Crippen LogP contribution < -0.4 is 10.6 Å². The molecule has 0 saturated heterocycles. The van der Waals surface area contributed by atoms with Crippen LogP contribution in [0.15, 0.2) is 48.8 Å². The van der Waals surface area contributed by atoms with E-state index in [0.717, 1.165) is 23.4 Å². The molecule has 21 heavy (non-hydrogen) atoms. The van der Waals surface area contributed by atoms with Gasteiger partial charge in [0.15, 0.2) is 0 Å². The van der Waals surface area contributed by atoms with Crippen LogP contribution in [0.2, 0.25) is 0 Å². The van der Waals surface area contributed by atoms with Crippen LogP contribution in [0.1, 0.15) is 30.5 Å². The molecule has 0 saturated carbocycles. The lowest BCUT2D eigenvalue weighted by Gasteiger charge is -2.24. The average Bonchev–Trinajstić information content (AvgIpc) is 2.52. The highest BCUT2D eigenvalue weighted by Gasteiger charge is 2.08. The highest BCUT2D eigenvalue weighted by atomic mass is 15.1. The van der Waals surface area contributed by atoms with Gasteiger partial charge in [0.2, 0.25) is 0 Å². The van der Waals surface area contributed by atoms with Crippen molar-refractivity contribution in [1.82, 2.24) is 4.98 Å². The highest BCUT2D eigenvalue weighted by molar-refractivity contribution is 5.48. The molecule has 1 atom stereocenters. The Labute approximate surface area is 125 Å². The summed E-state index contributed by atoms with van der Waals surface area (Å²) in [6.45, 7) is 3.41. The van der Waals surface area contributed by atoms with Crippen molar-refractivity contribution in [3.05, 3.63) is 59.9 Å². The minimum Gasteiger partial charge on any atom is -0.366 e. The molecule has 0 radical (unpaired) electrons. The molecule has 2 N–H and O–H groups in total. The van der Waals surface area contributed by atoms with E-state index in [-0.39, 0.29) is 6.04 Å². The van der Waals surface area contributed by atoms with Gasteiger partial charge >= 0.3 is 0 Å². The molecule has 1 heterocycles. The Bertz CT molecular complexity index is 584. The van der Waals surface area contributed by atoms with Gasteiger partial charge in [-0.2, -0.15) is 5.26 Å². The molecule has 0 amide bonds. The molecule has 0 spiro atoms. The van der Waals surface area contributed by atoms with Crippen LogP contribution in [-0.2, 0) is 6.54 Å². The van der Waals surface area contributed by atoms with E-state index in [9.17, 15) is 0 Å². The van der Waals surface area contributed by atoms with Gasteiger partial charge < -0.3 is 10.6 Å². The highest BCUT2D eigenvalue weighted by Crippen LogP contribution is 2.20. The van der Waals surface area contributed by atoms with E-state index in [1.807, 2.05) is 37.4 Å². The molecule has 0 fully saturated rings. The van der Waals surface area contributed by atoms with Crippen molar-refractivity contribution in [3.63, 3.8) is 0 Å². The number of nitriles is 1. The van der Waals surface area contributed by atoms with Crippen molar-refractivity contribution in [2.75, 3.05) is 11.4 Å². The molecule has 2 rings (SSSR count). The monoisotopic (exact) mass is 280 g/mol. The molecule has 0 aliphatic heterocycles. The Morgan fingerprint density at radius 2 is 2.05 bits per heavy atom. The van der Waals surface area contributed by atoms with Gasteiger partial charge in [0.25, 0.3) is 0 Å². The summed E-state index contributed by atoms with van der Waals surface area (Å²) in [7, 11) is 0. The number of rotatable bonds is 6. The quantitative estimate of drug-likeness (QED) is 0.883. The number of nitrogens with two attached hydrogens (primary N) is 1. The number of benzene rings is 1. The SMILES string of the molecule is C[C@H](N)c1ccc(N(CCC#N)Cc2cccnc2)cc1. The fourth-order valence-corrected chi connectivity index (χ4v) is 2.19.